The fraction of sp³-hybridized carbons (Fsp3) is 0.333. The number of aromatic amines is 1. The molecule has 1 fully saturated rings. The molecule has 2 aromatic rings. The number of carbonyl (C=O) groups is 2. The fourth-order valence-corrected chi connectivity index (χ4v) is 2.84. The second-order valence-electron chi connectivity index (χ2n) is 5.22. The maximum absolute atomic E-state index is 13.9. The van der Waals surface area contributed by atoms with Gasteiger partial charge in [0.1, 0.15) is 5.82 Å². The third-order valence-electron chi connectivity index (χ3n) is 3.98. The summed E-state index contributed by atoms with van der Waals surface area (Å²) in [5, 5.41) is 2.91. The molecule has 1 atom stereocenters. The zero-order chi connectivity index (χ0) is 15.0. The predicted octanol–water partition coefficient (Wildman–Crippen LogP) is 1.52. The summed E-state index contributed by atoms with van der Waals surface area (Å²) < 4.78 is 13.9. The lowest BCUT2D eigenvalue weighted by Gasteiger charge is -2.15. The summed E-state index contributed by atoms with van der Waals surface area (Å²) in [5.41, 5.74) is 0.918. The van der Waals surface area contributed by atoms with Crippen molar-refractivity contribution in [2.24, 2.45) is 5.92 Å². The molecule has 0 saturated carbocycles. The molecule has 1 aromatic heterocycles. The Morgan fingerprint density at radius 3 is 3.00 bits per heavy atom. The quantitative estimate of drug-likeness (QED) is 0.880. The number of hydrogen-bond donors (Lipinski definition) is 2. The van der Waals surface area contributed by atoms with E-state index in [4.69, 9.17) is 0 Å². The van der Waals surface area contributed by atoms with Crippen LogP contribution < -0.4 is 5.32 Å². The summed E-state index contributed by atoms with van der Waals surface area (Å²) in [6.45, 7) is 0.887. The highest BCUT2D eigenvalue weighted by Crippen LogP contribution is 2.25. The highest BCUT2D eigenvalue weighted by molar-refractivity contribution is 6.07. The highest BCUT2D eigenvalue weighted by atomic mass is 19.1. The van der Waals surface area contributed by atoms with E-state index >= 15 is 0 Å². The Balaban J connectivity index is 1.87. The summed E-state index contributed by atoms with van der Waals surface area (Å²) >= 11 is 0. The molecular weight excluding hydrogens is 273 g/mol. The van der Waals surface area contributed by atoms with E-state index in [0.717, 1.165) is 0 Å². The summed E-state index contributed by atoms with van der Waals surface area (Å²) in [7, 11) is 1.59. The van der Waals surface area contributed by atoms with Crippen molar-refractivity contribution in [3.05, 3.63) is 35.8 Å². The Hall–Kier alpha value is -2.37. The van der Waals surface area contributed by atoms with Crippen LogP contribution in [-0.4, -0.2) is 41.8 Å². The molecule has 6 heteroatoms. The molecule has 5 nitrogen and oxygen atoms in total. The van der Waals surface area contributed by atoms with Crippen LogP contribution in [0.4, 0.5) is 4.39 Å². The Bertz CT molecular complexity index is 710. The number of aromatic nitrogens is 1. The van der Waals surface area contributed by atoms with Gasteiger partial charge in [0.2, 0.25) is 5.91 Å². The van der Waals surface area contributed by atoms with Crippen LogP contribution in [-0.2, 0) is 4.79 Å². The maximum atomic E-state index is 13.9. The first-order chi connectivity index (χ1) is 10.1. The lowest BCUT2D eigenvalue weighted by atomic mass is 10.1. The van der Waals surface area contributed by atoms with E-state index in [1.54, 1.807) is 24.1 Å². The Kier molecular flexibility index (Phi) is 3.37. The summed E-state index contributed by atoms with van der Waals surface area (Å²) in [4.78, 5) is 28.7. The molecule has 1 unspecified atom stereocenters. The second kappa shape index (κ2) is 5.20. The number of fused-ring (bicyclic) bond motifs is 1. The Morgan fingerprint density at radius 2 is 2.24 bits per heavy atom. The van der Waals surface area contributed by atoms with E-state index in [9.17, 15) is 14.0 Å². The van der Waals surface area contributed by atoms with Crippen molar-refractivity contribution < 1.29 is 14.0 Å². The molecule has 0 bridgehead atoms. The second-order valence-corrected chi connectivity index (χ2v) is 5.22. The molecule has 110 valence electrons. The molecule has 2 heterocycles. The van der Waals surface area contributed by atoms with Crippen molar-refractivity contribution in [1.29, 1.82) is 0 Å². The lowest BCUT2D eigenvalue weighted by Crippen LogP contribution is -2.33. The minimum atomic E-state index is -0.417. The van der Waals surface area contributed by atoms with Crippen molar-refractivity contribution >= 4 is 22.7 Å². The minimum Gasteiger partial charge on any atom is -0.360 e. The van der Waals surface area contributed by atoms with E-state index in [0.29, 0.717) is 36.0 Å². The van der Waals surface area contributed by atoms with Gasteiger partial charge in [0, 0.05) is 37.2 Å². The van der Waals surface area contributed by atoms with E-state index < -0.39 is 5.82 Å². The van der Waals surface area contributed by atoms with Gasteiger partial charge in [-0.25, -0.2) is 4.39 Å². The van der Waals surface area contributed by atoms with Crippen molar-refractivity contribution in [3.8, 4) is 0 Å². The first kappa shape index (κ1) is 13.6. The smallest absolute Gasteiger partial charge is 0.256 e. The minimum absolute atomic E-state index is 0.0598. The van der Waals surface area contributed by atoms with Gasteiger partial charge in [-0.15, -0.1) is 0 Å². The lowest BCUT2D eigenvalue weighted by molar-refractivity contribution is -0.124. The van der Waals surface area contributed by atoms with Gasteiger partial charge in [-0.1, -0.05) is 6.07 Å². The zero-order valence-corrected chi connectivity index (χ0v) is 11.6. The molecule has 2 N–H and O–H groups in total. The largest absolute Gasteiger partial charge is 0.360 e. The molecule has 1 aromatic carbocycles. The van der Waals surface area contributed by atoms with Gasteiger partial charge in [-0.05, 0) is 18.6 Å². The van der Waals surface area contributed by atoms with Crippen LogP contribution in [0, 0.1) is 11.7 Å². The molecule has 0 radical (unpaired) electrons. The zero-order valence-electron chi connectivity index (χ0n) is 11.6. The van der Waals surface area contributed by atoms with E-state index in [-0.39, 0.29) is 17.7 Å². The summed E-state index contributed by atoms with van der Waals surface area (Å²) in [6, 6.07) is 4.66. The van der Waals surface area contributed by atoms with E-state index in [1.165, 1.54) is 12.3 Å². The van der Waals surface area contributed by atoms with Crippen LogP contribution in [0.3, 0.4) is 0 Å². The number of carbonyl (C=O) groups excluding carboxylic acids is 2. The first-order valence-corrected chi connectivity index (χ1v) is 6.88. The maximum Gasteiger partial charge on any atom is 0.256 e. The Labute approximate surface area is 121 Å². The van der Waals surface area contributed by atoms with Gasteiger partial charge in [-0.2, -0.15) is 0 Å². The van der Waals surface area contributed by atoms with E-state index in [2.05, 4.69) is 10.3 Å². The number of halogens is 1. The molecule has 21 heavy (non-hydrogen) atoms. The highest BCUT2D eigenvalue weighted by Gasteiger charge is 2.32. The molecular formula is C15H16FN3O2. The van der Waals surface area contributed by atoms with Crippen LogP contribution >= 0.6 is 0 Å². The summed E-state index contributed by atoms with van der Waals surface area (Å²) in [6.07, 6.45) is 2.17. The van der Waals surface area contributed by atoms with Crippen molar-refractivity contribution in [1.82, 2.24) is 15.2 Å². The fourth-order valence-electron chi connectivity index (χ4n) is 2.84. The average Bonchev–Trinajstić information content (AvgIpc) is 3.13. The number of nitrogens with zero attached hydrogens (tertiary/aromatic N) is 1. The van der Waals surface area contributed by atoms with Gasteiger partial charge in [0.25, 0.3) is 5.91 Å². The van der Waals surface area contributed by atoms with Gasteiger partial charge >= 0.3 is 0 Å². The normalized spacial score (nSPS) is 18.2. The molecule has 0 spiro atoms. The van der Waals surface area contributed by atoms with Gasteiger partial charge < -0.3 is 15.2 Å². The number of rotatable bonds is 2. The number of H-pyrrole nitrogens is 1. The number of benzene rings is 1. The molecule has 1 saturated heterocycles. The van der Waals surface area contributed by atoms with Crippen molar-refractivity contribution in [2.45, 2.75) is 6.42 Å². The first-order valence-electron chi connectivity index (χ1n) is 6.88. The Morgan fingerprint density at radius 1 is 1.43 bits per heavy atom. The molecule has 3 rings (SSSR count). The molecule has 1 aliphatic rings. The van der Waals surface area contributed by atoms with Gasteiger partial charge in [0.05, 0.1) is 11.5 Å². The summed E-state index contributed by atoms with van der Waals surface area (Å²) in [5.74, 6) is -0.902. The van der Waals surface area contributed by atoms with Crippen LogP contribution in [0.15, 0.2) is 24.4 Å². The van der Waals surface area contributed by atoms with Crippen LogP contribution in [0.25, 0.3) is 10.9 Å². The molecule has 2 amide bonds. The predicted molar refractivity (Wildman–Crippen MR) is 76.3 cm³/mol. The van der Waals surface area contributed by atoms with Crippen molar-refractivity contribution in [3.63, 3.8) is 0 Å². The van der Waals surface area contributed by atoms with Crippen LogP contribution in [0.1, 0.15) is 16.8 Å². The third kappa shape index (κ3) is 2.26. The van der Waals surface area contributed by atoms with Gasteiger partial charge in [0.15, 0.2) is 0 Å². The standard InChI is InChI=1S/C15H16FN3O2/c1-17-14(20)9-5-6-19(8-9)15(21)10-7-18-12-4-2-3-11(16)13(10)12/h2-4,7,9,18H,5-6,8H2,1H3,(H,17,20). The number of likely N-dealkylation sites (tertiary alicyclic amines) is 1. The molecule has 0 aliphatic carbocycles. The third-order valence-corrected chi connectivity index (χ3v) is 3.98. The monoisotopic (exact) mass is 289 g/mol. The van der Waals surface area contributed by atoms with Crippen LogP contribution in [0.2, 0.25) is 0 Å². The molecule has 1 aliphatic heterocycles. The van der Waals surface area contributed by atoms with E-state index in [1.807, 2.05) is 0 Å². The average molecular weight is 289 g/mol. The number of nitrogens with one attached hydrogen (secondary N) is 2. The SMILES string of the molecule is CNC(=O)C1CCN(C(=O)c2c[nH]c3cccc(F)c23)C1. The van der Waals surface area contributed by atoms with Crippen LogP contribution in [0.5, 0.6) is 0 Å². The number of amides is 2. The van der Waals surface area contributed by atoms with Crippen molar-refractivity contribution in [2.75, 3.05) is 20.1 Å². The van der Waals surface area contributed by atoms with Gasteiger partial charge in [-0.3, -0.25) is 9.59 Å². The number of hydrogen-bond acceptors (Lipinski definition) is 2. The topological polar surface area (TPSA) is 65.2 Å².